The van der Waals surface area contributed by atoms with Crippen molar-refractivity contribution in [2.45, 2.75) is 32.9 Å². The number of hydrogen-bond donors (Lipinski definition) is 1. The highest BCUT2D eigenvalue weighted by Gasteiger charge is 2.30. The predicted molar refractivity (Wildman–Crippen MR) is 115 cm³/mol. The summed E-state index contributed by atoms with van der Waals surface area (Å²) in [4.78, 5) is 28.2. The summed E-state index contributed by atoms with van der Waals surface area (Å²) in [5, 5.41) is 3.26. The van der Waals surface area contributed by atoms with Gasteiger partial charge in [-0.3, -0.25) is 14.9 Å². The number of fused-ring (bicyclic) bond motifs is 1. The largest absolute Gasteiger partial charge is 0.362 e. The number of likely N-dealkylation sites (tertiary alicyclic amines) is 1. The molecule has 1 N–H and O–H groups in total. The zero-order valence-corrected chi connectivity index (χ0v) is 17.3. The number of amides is 2. The van der Waals surface area contributed by atoms with Gasteiger partial charge in [-0.2, -0.15) is 0 Å². The van der Waals surface area contributed by atoms with Crippen molar-refractivity contribution in [1.29, 1.82) is 0 Å². The van der Waals surface area contributed by atoms with Gasteiger partial charge in [-0.25, -0.2) is 4.79 Å². The van der Waals surface area contributed by atoms with E-state index in [0.29, 0.717) is 19.0 Å². The van der Waals surface area contributed by atoms with Crippen LogP contribution in [-0.4, -0.2) is 59.7 Å². The summed E-state index contributed by atoms with van der Waals surface area (Å²) in [6.45, 7) is 9.69. The third kappa shape index (κ3) is 4.67. The van der Waals surface area contributed by atoms with Crippen LogP contribution in [0.15, 0.2) is 42.9 Å². The number of carbonyl (C=O) groups is 1. The highest BCUT2D eigenvalue weighted by Crippen LogP contribution is 2.33. The molecule has 29 heavy (non-hydrogen) atoms. The minimum Gasteiger partial charge on any atom is -0.362 e. The van der Waals surface area contributed by atoms with E-state index in [1.54, 1.807) is 18.6 Å². The quantitative estimate of drug-likeness (QED) is 0.845. The van der Waals surface area contributed by atoms with Gasteiger partial charge < -0.3 is 15.1 Å². The predicted octanol–water partition coefficient (Wildman–Crippen LogP) is 2.74. The van der Waals surface area contributed by atoms with Crippen LogP contribution in [0.25, 0.3) is 0 Å². The van der Waals surface area contributed by atoms with Crippen molar-refractivity contribution < 1.29 is 4.79 Å². The molecule has 0 spiro atoms. The lowest BCUT2D eigenvalue weighted by Gasteiger charge is -2.38. The molecule has 154 valence electrons. The molecule has 0 bridgehead atoms. The summed E-state index contributed by atoms with van der Waals surface area (Å²) in [7, 11) is 0. The zero-order chi connectivity index (χ0) is 20.2. The van der Waals surface area contributed by atoms with E-state index in [9.17, 15) is 4.79 Å². The fourth-order valence-electron chi connectivity index (χ4n) is 4.29. The highest BCUT2D eigenvalue weighted by atomic mass is 16.2. The summed E-state index contributed by atoms with van der Waals surface area (Å²) in [5.41, 5.74) is 2.95. The molecule has 1 fully saturated rings. The maximum atomic E-state index is 13.1. The lowest BCUT2D eigenvalue weighted by molar-refractivity contribution is 0.240. The van der Waals surface area contributed by atoms with Crippen LogP contribution >= 0.6 is 0 Å². The van der Waals surface area contributed by atoms with Crippen LogP contribution in [0.1, 0.15) is 26.0 Å². The number of anilines is 2. The molecule has 3 heterocycles. The van der Waals surface area contributed by atoms with E-state index < -0.39 is 0 Å². The molecule has 7 heteroatoms. The Hall–Kier alpha value is -2.67. The van der Waals surface area contributed by atoms with Crippen LogP contribution in [0.4, 0.5) is 16.2 Å². The number of nitrogens with one attached hydrogen (secondary N) is 1. The summed E-state index contributed by atoms with van der Waals surface area (Å²) < 4.78 is 0. The third-order valence-corrected chi connectivity index (χ3v) is 5.54. The Morgan fingerprint density at radius 3 is 2.76 bits per heavy atom. The van der Waals surface area contributed by atoms with Gasteiger partial charge in [-0.15, -0.1) is 0 Å². The first kappa shape index (κ1) is 19.6. The van der Waals surface area contributed by atoms with E-state index in [2.05, 4.69) is 45.0 Å². The molecule has 7 nitrogen and oxygen atoms in total. The van der Waals surface area contributed by atoms with Crippen LogP contribution in [-0.2, 0) is 6.54 Å². The molecular formula is C22H30N6O. The number of para-hydroxylation sites is 2. The maximum Gasteiger partial charge on any atom is 0.322 e. The minimum absolute atomic E-state index is 0.00741. The molecule has 1 unspecified atom stereocenters. The van der Waals surface area contributed by atoms with Crippen molar-refractivity contribution in [3.8, 4) is 0 Å². The molecule has 0 saturated carbocycles. The number of hydrogen-bond acceptors (Lipinski definition) is 5. The number of carbonyl (C=O) groups excluding carboxylic acids is 1. The summed E-state index contributed by atoms with van der Waals surface area (Å²) >= 11 is 0. The Bertz CT molecular complexity index is 827. The number of aromatic nitrogens is 2. The van der Waals surface area contributed by atoms with Crippen LogP contribution in [0.5, 0.6) is 0 Å². The van der Waals surface area contributed by atoms with Crippen molar-refractivity contribution in [2.75, 3.05) is 42.5 Å². The molecular weight excluding hydrogens is 364 g/mol. The first-order valence-corrected chi connectivity index (χ1v) is 10.5. The van der Waals surface area contributed by atoms with Crippen LogP contribution in [0, 0.1) is 5.92 Å². The molecule has 1 atom stereocenters. The van der Waals surface area contributed by atoms with Gasteiger partial charge in [0.1, 0.15) is 0 Å². The average Bonchev–Trinajstić information content (AvgIpc) is 3.15. The van der Waals surface area contributed by atoms with E-state index in [0.717, 1.165) is 49.7 Å². The Balaban J connectivity index is 1.43. The molecule has 1 aromatic carbocycles. The average molecular weight is 395 g/mol. The molecule has 2 amide bonds. The van der Waals surface area contributed by atoms with Crippen molar-refractivity contribution in [3.05, 3.63) is 48.5 Å². The van der Waals surface area contributed by atoms with Gasteiger partial charge >= 0.3 is 6.03 Å². The van der Waals surface area contributed by atoms with Gasteiger partial charge in [-0.05, 0) is 24.5 Å². The maximum absolute atomic E-state index is 13.1. The lowest BCUT2D eigenvalue weighted by Crippen LogP contribution is -2.51. The smallest absolute Gasteiger partial charge is 0.322 e. The Labute approximate surface area is 172 Å². The van der Waals surface area contributed by atoms with E-state index in [-0.39, 0.29) is 12.1 Å². The van der Waals surface area contributed by atoms with Crippen molar-refractivity contribution >= 4 is 17.4 Å². The standard InChI is InChI=1S/C22H30N6O/c1-17(2)14-26-10-7-18(15-26)25-22(29)28-12-11-27(16-19-13-23-8-9-24-19)20-5-3-4-6-21(20)28/h3-6,8-9,13,17-18H,7,10-12,14-16H2,1-2H3,(H,25,29). The zero-order valence-electron chi connectivity index (χ0n) is 17.3. The monoisotopic (exact) mass is 394 g/mol. The van der Waals surface area contributed by atoms with Crippen LogP contribution in [0.2, 0.25) is 0 Å². The molecule has 2 aromatic rings. The molecule has 2 aliphatic rings. The molecule has 4 rings (SSSR count). The summed E-state index contributed by atoms with van der Waals surface area (Å²) in [5.74, 6) is 0.652. The molecule has 1 saturated heterocycles. The number of nitrogens with zero attached hydrogens (tertiary/aromatic N) is 5. The first-order valence-electron chi connectivity index (χ1n) is 10.5. The molecule has 0 aliphatic carbocycles. The highest BCUT2D eigenvalue weighted by molar-refractivity contribution is 5.97. The Kier molecular flexibility index (Phi) is 5.94. The third-order valence-electron chi connectivity index (χ3n) is 5.54. The first-order chi connectivity index (χ1) is 14.1. The van der Waals surface area contributed by atoms with Crippen LogP contribution in [0.3, 0.4) is 0 Å². The lowest BCUT2D eigenvalue weighted by atomic mass is 10.1. The number of benzene rings is 1. The van der Waals surface area contributed by atoms with Crippen LogP contribution < -0.4 is 15.1 Å². The Morgan fingerprint density at radius 1 is 1.17 bits per heavy atom. The van der Waals surface area contributed by atoms with Gasteiger partial charge in [0.05, 0.1) is 29.8 Å². The molecule has 2 aliphatic heterocycles. The fraction of sp³-hybridized carbons (Fsp3) is 0.500. The van der Waals surface area contributed by atoms with Gasteiger partial charge in [0.2, 0.25) is 0 Å². The van der Waals surface area contributed by atoms with E-state index in [4.69, 9.17) is 0 Å². The van der Waals surface area contributed by atoms with E-state index in [1.165, 1.54) is 0 Å². The van der Waals surface area contributed by atoms with E-state index in [1.807, 2.05) is 23.1 Å². The summed E-state index contributed by atoms with van der Waals surface area (Å²) in [6, 6.07) is 8.34. The second kappa shape index (κ2) is 8.78. The second-order valence-electron chi connectivity index (χ2n) is 8.35. The number of urea groups is 1. The normalized spacial score (nSPS) is 19.5. The Morgan fingerprint density at radius 2 is 2.00 bits per heavy atom. The van der Waals surface area contributed by atoms with E-state index >= 15 is 0 Å². The van der Waals surface area contributed by atoms with Gasteiger partial charge in [0, 0.05) is 51.2 Å². The van der Waals surface area contributed by atoms with Gasteiger partial charge in [-0.1, -0.05) is 26.0 Å². The SMILES string of the molecule is CC(C)CN1CCC(NC(=O)N2CCN(Cc3cnccn3)c3ccccc32)C1. The van der Waals surface area contributed by atoms with Crippen molar-refractivity contribution in [3.63, 3.8) is 0 Å². The van der Waals surface area contributed by atoms with Gasteiger partial charge in [0.15, 0.2) is 0 Å². The molecule has 1 aromatic heterocycles. The fourth-order valence-corrected chi connectivity index (χ4v) is 4.29. The molecule has 0 radical (unpaired) electrons. The second-order valence-corrected chi connectivity index (χ2v) is 8.35. The van der Waals surface area contributed by atoms with Gasteiger partial charge in [0.25, 0.3) is 0 Å². The van der Waals surface area contributed by atoms with Crippen molar-refractivity contribution in [2.24, 2.45) is 5.92 Å². The summed E-state index contributed by atoms with van der Waals surface area (Å²) in [6.07, 6.45) is 6.22. The minimum atomic E-state index is 0.00741. The van der Waals surface area contributed by atoms with Crippen molar-refractivity contribution in [1.82, 2.24) is 20.2 Å². The number of rotatable bonds is 5. The topological polar surface area (TPSA) is 64.6 Å².